The van der Waals surface area contributed by atoms with Crippen LogP contribution in [-0.2, 0) is 6.42 Å². The Balaban J connectivity index is 2.16. The molecular weight excluding hydrogens is 262 g/mol. The van der Waals surface area contributed by atoms with E-state index in [1.807, 2.05) is 0 Å². The number of anilines is 2. The molecule has 0 amide bonds. The molecule has 0 bridgehead atoms. The average Bonchev–Trinajstić information content (AvgIpc) is 2.47. The van der Waals surface area contributed by atoms with Gasteiger partial charge in [0.05, 0.1) is 0 Å². The van der Waals surface area contributed by atoms with E-state index in [1.165, 1.54) is 6.42 Å². The molecule has 21 heavy (non-hydrogen) atoms. The summed E-state index contributed by atoms with van der Waals surface area (Å²) in [5, 5.41) is 7.00. The average molecular weight is 291 g/mol. The molecule has 0 saturated carbocycles. The maximum Gasteiger partial charge on any atom is 0.134 e. The predicted octanol–water partition coefficient (Wildman–Crippen LogP) is 2.67. The largest absolute Gasteiger partial charge is 0.370 e. The van der Waals surface area contributed by atoms with Crippen LogP contribution in [0.15, 0.2) is 0 Å². The summed E-state index contributed by atoms with van der Waals surface area (Å²) in [7, 11) is 2.20. The van der Waals surface area contributed by atoms with Crippen molar-refractivity contribution in [3.05, 3.63) is 11.4 Å². The summed E-state index contributed by atoms with van der Waals surface area (Å²) < 4.78 is 0. The van der Waals surface area contributed by atoms with Gasteiger partial charge in [0.1, 0.15) is 17.5 Å². The van der Waals surface area contributed by atoms with Crippen molar-refractivity contribution in [2.24, 2.45) is 0 Å². The minimum absolute atomic E-state index is 0.504. The maximum absolute atomic E-state index is 4.70. The van der Waals surface area contributed by atoms with Gasteiger partial charge in [-0.3, -0.25) is 0 Å². The number of nitrogens with one attached hydrogen (secondary N) is 2. The molecule has 1 aromatic rings. The van der Waals surface area contributed by atoms with Gasteiger partial charge in [-0.05, 0) is 40.7 Å². The molecule has 2 N–H and O–H groups in total. The fourth-order valence-corrected chi connectivity index (χ4v) is 2.82. The number of rotatable bonds is 5. The van der Waals surface area contributed by atoms with Crippen molar-refractivity contribution in [1.82, 2.24) is 14.9 Å². The Labute approximate surface area is 128 Å². The van der Waals surface area contributed by atoms with E-state index in [1.54, 1.807) is 0 Å². The third-order valence-electron chi connectivity index (χ3n) is 4.40. The number of aryl methyl sites for hydroxylation is 1. The first-order chi connectivity index (χ1) is 10.0. The van der Waals surface area contributed by atoms with Gasteiger partial charge < -0.3 is 15.5 Å². The standard InChI is InChI=1S/C16H29N5/c1-6-14-19-15(17-7-2)12(4)16(20-14)18-13-8-9-21(5)11(3)10-13/h11,13H,6-10H2,1-5H3,(H2,17,18,19,20). The highest BCUT2D eigenvalue weighted by Gasteiger charge is 2.23. The van der Waals surface area contributed by atoms with Crippen LogP contribution in [0.4, 0.5) is 11.6 Å². The summed E-state index contributed by atoms with van der Waals surface area (Å²) >= 11 is 0. The zero-order valence-electron chi connectivity index (χ0n) is 14.0. The SMILES string of the molecule is CCNc1nc(CC)nc(NC2CCN(C)C(C)C2)c1C. The lowest BCUT2D eigenvalue weighted by molar-refractivity contribution is 0.190. The van der Waals surface area contributed by atoms with Crippen LogP contribution >= 0.6 is 0 Å². The predicted molar refractivity (Wildman–Crippen MR) is 89.0 cm³/mol. The third-order valence-corrected chi connectivity index (χ3v) is 4.40. The number of nitrogens with zero attached hydrogens (tertiary/aromatic N) is 3. The maximum atomic E-state index is 4.70. The molecule has 0 radical (unpaired) electrons. The lowest BCUT2D eigenvalue weighted by atomic mass is 9.99. The molecule has 2 unspecified atom stereocenters. The Bertz CT molecular complexity index is 474. The van der Waals surface area contributed by atoms with E-state index in [0.29, 0.717) is 12.1 Å². The van der Waals surface area contributed by atoms with E-state index >= 15 is 0 Å². The third kappa shape index (κ3) is 3.84. The number of likely N-dealkylation sites (tertiary alicyclic amines) is 1. The van der Waals surface area contributed by atoms with Crippen molar-refractivity contribution in [3.8, 4) is 0 Å². The van der Waals surface area contributed by atoms with Gasteiger partial charge in [0, 0.05) is 37.2 Å². The van der Waals surface area contributed by atoms with Gasteiger partial charge in [-0.15, -0.1) is 0 Å². The first-order valence-electron chi connectivity index (χ1n) is 8.13. The van der Waals surface area contributed by atoms with Crippen LogP contribution in [0.1, 0.15) is 45.0 Å². The molecule has 2 atom stereocenters. The number of aromatic nitrogens is 2. The van der Waals surface area contributed by atoms with Crippen molar-refractivity contribution in [2.45, 2.75) is 59.0 Å². The van der Waals surface area contributed by atoms with Gasteiger partial charge in [-0.1, -0.05) is 6.92 Å². The first-order valence-corrected chi connectivity index (χ1v) is 8.13. The summed E-state index contributed by atoms with van der Waals surface area (Å²) in [5.74, 6) is 2.87. The van der Waals surface area contributed by atoms with Crippen LogP contribution < -0.4 is 10.6 Å². The number of hydrogen-bond acceptors (Lipinski definition) is 5. The van der Waals surface area contributed by atoms with Crippen molar-refractivity contribution >= 4 is 11.6 Å². The van der Waals surface area contributed by atoms with Gasteiger partial charge in [0.2, 0.25) is 0 Å². The topological polar surface area (TPSA) is 53.1 Å². The molecule has 5 nitrogen and oxygen atoms in total. The molecule has 2 heterocycles. The van der Waals surface area contributed by atoms with Crippen molar-refractivity contribution in [2.75, 3.05) is 30.8 Å². The minimum Gasteiger partial charge on any atom is -0.370 e. The highest BCUT2D eigenvalue weighted by Crippen LogP contribution is 2.24. The van der Waals surface area contributed by atoms with Gasteiger partial charge in [-0.25, -0.2) is 9.97 Å². The Kier molecular flexibility index (Phi) is 5.39. The van der Waals surface area contributed by atoms with Crippen LogP contribution in [0.5, 0.6) is 0 Å². The van der Waals surface area contributed by atoms with Crippen LogP contribution in [0.25, 0.3) is 0 Å². The zero-order chi connectivity index (χ0) is 15.4. The monoisotopic (exact) mass is 291 g/mol. The highest BCUT2D eigenvalue weighted by molar-refractivity contribution is 5.57. The smallest absolute Gasteiger partial charge is 0.134 e. The molecule has 118 valence electrons. The molecular formula is C16H29N5. The van der Waals surface area contributed by atoms with Crippen molar-refractivity contribution < 1.29 is 0 Å². The Morgan fingerprint density at radius 2 is 1.95 bits per heavy atom. The van der Waals surface area contributed by atoms with E-state index in [-0.39, 0.29) is 0 Å². The number of hydrogen-bond donors (Lipinski definition) is 2. The van der Waals surface area contributed by atoms with Crippen LogP contribution in [0, 0.1) is 6.92 Å². The minimum atomic E-state index is 0.504. The lowest BCUT2D eigenvalue weighted by Crippen LogP contribution is -2.42. The molecule has 1 aromatic heterocycles. The van der Waals surface area contributed by atoms with Gasteiger partial charge in [0.15, 0.2) is 0 Å². The summed E-state index contributed by atoms with van der Waals surface area (Å²) in [6, 6.07) is 1.13. The molecule has 1 fully saturated rings. The van der Waals surface area contributed by atoms with E-state index < -0.39 is 0 Å². The second-order valence-corrected chi connectivity index (χ2v) is 6.04. The molecule has 0 spiro atoms. The summed E-state index contributed by atoms with van der Waals surface area (Å²) in [5.41, 5.74) is 1.13. The molecule has 1 saturated heterocycles. The Morgan fingerprint density at radius 1 is 1.24 bits per heavy atom. The molecule has 1 aliphatic heterocycles. The fraction of sp³-hybridized carbons (Fsp3) is 0.750. The summed E-state index contributed by atoms with van der Waals surface area (Å²) in [6.07, 6.45) is 3.19. The lowest BCUT2D eigenvalue weighted by Gasteiger charge is -2.35. The van der Waals surface area contributed by atoms with E-state index in [4.69, 9.17) is 4.98 Å². The van der Waals surface area contributed by atoms with E-state index in [2.05, 4.69) is 55.3 Å². The molecule has 5 heteroatoms. The second kappa shape index (κ2) is 7.07. The Morgan fingerprint density at radius 3 is 2.57 bits per heavy atom. The number of piperidine rings is 1. The Hall–Kier alpha value is -1.36. The van der Waals surface area contributed by atoms with Crippen LogP contribution in [-0.4, -0.2) is 47.1 Å². The van der Waals surface area contributed by atoms with E-state index in [0.717, 1.165) is 49.0 Å². The normalized spacial score (nSPS) is 23.1. The zero-order valence-corrected chi connectivity index (χ0v) is 14.0. The molecule has 2 rings (SSSR count). The molecule has 1 aliphatic rings. The van der Waals surface area contributed by atoms with Crippen LogP contribution in [0.2, 0.25) is 0 Å². The second-order valence-electron chi connectivity index (χ2n) is 6.04. The van der Waals surface area contributed by atoms with Crippen molar-refractivity contribution in [3.63, 3.8) is 0 Å². The summed E-state index contributed by atoms with van der Waals surface area (Å²) in [6.45, 7) is 10.6. The molecule has 0 aromatic carbocycles. The fourth-order valence-electron chi connectivity index (χ4n) is 2.82. The summed E-state index contributed by atoms with van der Waals surface area (Å²) in [4.78, 5) is 11.7. The molecule has 0 aliphatic carbocycles. The van der Waals surface area contributed by atoms with Gasteiger partial charge in [-0.2, -0.15) is 0 Å². The highest BCUT2D eigenvalue weighted by atomic mass is 15.2. The van der Waals surface area contributed by atoms with Gasteiger partial charge >= 0.3 is 0 Å². The first kappa shape index (κ1) is 16.0. The van der Waals surface area contributed by atoms with Gasteiger partial charge in [0.25, 0.3) is 0 Å². The quantitative estimate of drug-likeness (QED) is 0.873. The van der Waals surface area contributed by atoms with E-state index in [9.17, 15) is 0 Å². The van der Waals surface area contributed by atoms with Crippen LogP contribution in [0.3, 0.4) is 0 Å². The van der Waals surface area contributed by atoms with Crippen molar-refractivity contribution in [1.29, 1.82) is 0 Å².